The summed E-state index contributed by atoms with van der Waals surface area (Å²) in [6, 6.07) is 5.94. The Hall–Kier alpha value is -2.94. The molecule has 2 heterocycles. The van der Waals surface area contributed by atoms with Crippen molar-refractivity contribution in [1.82, 2.24) is 4.90 Å². The van der Waals surface area contributed by atoms with Gasteiger partial charge in [0.1, 0.15) is 11.6 Å². The van der Waals surface area contributed by atoms with E-state index in [1.165, 1.54) is 49.7 Å². The number of sulfonamides is 1. The number of hydrogen-bond acceptors (Lipinski definition) is 7. The van der Waals surface area contributed by atoms with Gasteiger partial charge in [-0.05, 0) is 36.4 Å². The molecule has 8 nitrogen and oxygen atoms in total. The van der Waals surface area contributed by atoms with Crippen molar-refractivity contribution in [1.29, 1.82) is 0 Å². The van der Waals surface area contributed by atoms with Gasteiger partial charge in [-0.2, -0.15) is 0 Å². The molecular weight excluding hydrogens is 348 g/mol. The quantitative estimate of drug-likeness (QED) is 0.581. The summed E-state index contributed by atoms with van der Waals surface area (Å²) in [5, 5.41) is 0. The maximum atomic E-state index is 12.2. The fourth-order valence-corrected chi connectivity index (χ4v) is 3.23. The highest BCUT2D eigenvalue weighted by molar-refractivity contribution is 7.90. The van der Waals surface area contributed by atoms with E-state index in [1.54, 1.807) is 4.90 Å². The lowest BCUT2D eigenvalue weighted by Gasteiger charge is -2.26. The minimum atomic E-state index is -3.44. The van der Waals surface area contributed by atoms with Crippen LogP contribution >= 0.6 is 0 Å². The molecule has 1 aromatic carbocycles. The molecule has 0 aromatic heterocycles. The lowest BCUT2D eigenvalue weighted by Crippen LogP contribution is -2.37. The highest BCUT2D eigenvalue weighted by Gasteiger charge is 2.25. The molecule has 2 aliphatic rings. The molecule has 0 bridgehead atoms. The summed E-state index contributed by atoms with van der Waals surface area (Å²) < 4.78 is 36.4. The van der Waals surface area contributed by atoms with Crippen molar-refractivity contribution in [2.75, 3.05) is 19.4 Å². The van der Waals surface area contributed by atoms with Crippen molar-refractivity contribution in [2.24, 2.45) is 4.40 Å². The summed E-state index contributed by atoms with van der Waals surface area (Å²) in [6.45, 7) is 0.218. The third-order valence-electron chi connectivity index (χ3n) is 3.55. The third-order valence-corrected chi connectivity index (χ3v) is 4.71. The molecule has 9 heteroatoms. The van der Waals surface area contributed by atoms with Gasteiger partial charge >= 0.3 is 11.9 Å². The molecule has 0 aliphatic carbocycles. The van der Waals surface area contributed by atoms with Gasteiger partial charge in [0.2, 0.25) is 0 Å². The second-order valence-electron chi connectivity index (χ2n) is 5.25. The molecule has 0 unspecified atom stereocenters. The molecule has 0 saturated heterocycles. The van der Waals surface area contributed by atoms with Gasteiger partial charge in [0.25, 0.3) is 10.0 Å². The van der Waals surface area contributed by atoms with Crippen LogP contribution in [0.3, 0.4) is 0 Å². The number of hydrogen-bond donors (Lipinski definition) is 0. The fourth-order valence-electron chi connectivity index (χ4n) is 2.26. The number of amidine groups is 1. The number of carbonyl (C=O) groups is 2. The van der Waals surface area contributed by atoms with E-state index in [0.29, 0.717) is 5.56 Å². The highest BCUT2D eigenvalue weighted by Crippen LogP contribution is 2.19. The van der Waals surface area contributed by atoms with Crippen LogP contribution in [-0.4, -0.2) is 50.5 Å². The molecule has 0 saturated carbocycles. The van der Waals surface area contributed by atoms with Gasteiger partial charge in [-0.15, -0.1) is 4.40 Å². The summed E-state index contributed by atoms with van der Waals surface area (Å²) in [4.78, 5) is 25.2. The van der Waals surface area contributed by atoms with Gasteiger partial charge in [0.05, 0.1) is 24.0 Å². The van der Waals surface area contributed by atoms with E-state index >= 15 is 0 Å². The normalized spacial score (nSPS) is 17.9. The zero-order chi connectivity index (χ0) is 18.0. The maximum absolute atomic E-state index is 12.2. The predicted octanol–water partition coefficient (Wildman–Crippen LogP) is 0.876. The average Bonchev–Trinajstić information content (AvgIpc) is 2.60. The predicted molar refractivity (Wildman–Crippen MR) is 88.6 cm³/mol. The first-order valence-corrected chi connectivity index (χ1v) is 8.88. The molecule has 25 heavy (non-hydrogen) atoms. The number of methoxy groups -OCH3 is 1. The van der Waals surface area contributed by atoms with Crippen molar-refractivity contribution in [3.05, 3.63) is 53.8 Å². The summed E-state index contributed by atoms with van der Waals surface area (Å²) in [5.41, 5.74) is 0.602. The Labute approximate surface area is 144 Å². The maximum Gasteiger partial charge on any atom is 0.345 e. The van der Waals surface area contributed by atoms with Gasteiger partial charge in [-0.25, -0.2) is 18.0 Å². The molecule has 3 rings (SSSR count). The second-order valence-corrected chi connectivity index (χ2v) is 7.01. The summed E-state index contributed by atoms with van der Waals surface area (Å²) >= 11 is 0. The molecule has 0 spiro atoms. The van der Waals surface area contributed by atoms with Crippen LogP contribution in [0.25, 0.3) is 0 Å². The Morgan fingerprint density at radius 3 is 2.52 bits per heavy atom. The first-order chi connectivity index (χ1) is 11.9. The van der Waals surface area contributed by atoms with Crippen LogP contribution in [0.2, 0.25) is 0 Å². The van der Waals surface area contributed by atoms with Crippen molar-refractivity contribution < 1.29 is 27.5 Å². The molecule has 130 valence electrons. The zero-order valence-electron chi connectivity index (χ0n) is 13.2. The van der Waals surface area contributed by atoms with E-state index in [2.05, 4.69) is 9.13 Å². The first kappa shape index (κ1) is 16.9. The number of fused-ring (bicyclic) bond motifs is 1. The average molecular weight is 362 g/mol. The van der Waals surface area contributed by atoms with Gasteiger partial charge in [-0.1, -0.05) is 0 Å². The minimum absolute atomic E-state index is 0.113. The Kier molecular flexibility index (Phi) is 4.41. The molecule has 0 amide bonds. The fraction of sp³-hybridized carbons (Fsp3) is 0.188. The van der Waals surface area contributed by atoms with Crippen LogP contribution in [0.4, 0.5) is 0 Å². The third kappa shape index (κ3) is 3.77. The second kappa shape index (κ2) is 6.52. The zero-order valence-corrected chi connectivity index (χ0v) is 14.0. The number of nitrogens with zero attached hydrogens (tertiary/aromatic N) is 2. The van der Waals surface area contributed by atoms with E-state index in [4.69, 9.17) is 4.74 Å². The van der Waals surface area contributed by atoms with Crippen LogP contribution in [0, 0.1) is 0 Å². The molecule has 0 atom stereocenters. The summed E-state index contributed by atoms with van der Waals surface area (Å²) in [5.74, 6) is -0.659. The van der Waals surface area contributed by atoms with Gasteiger partial charge < -0.3 is 14.4 Å². The van der Waals surface area contributed by atoms with E-state index in [-0.39, 0.29) is 29.5 Å². The van der Waals surface area contributed by atoms with Crippen LogP contribution < -0.4 is 4.74 Å². The molecular formula is C16H14N2O6S. The van der Waals surface area contributed by atoms with Gasteiger partial charge in [0.15, 0.2) is 0 Å². The molecule has 0 fully saturated rings. The number of benzene rings is 1. The topological polar surface area (TPSA) is 102 Å². The van der Waals surface area contributed by atoms with Crippen LogP contribution in [0.15, 0.2) is 52.6 Å². The lowest BCUT2D eigenvalue weighted by molar-refractivity contribution is -0.129. The van der Waals surface area contributed by atoms with Gasteiger partial charge in [-0.3, -0.25) is 0 Å². The number of esters is 2. The Morgan fingerprint density at radius 2 is 1.84 bits per heavy atom. The van der Waals surface area contributed by atoms with Crippen LogP contribution in [-0.2, 0) is 19.6 Å². The van der Waals surface area contributed by atoms with Crippen LogP contribution in [0.5, 0.6) is 5.75 Å². The number of rotatable bonds is 3. The van der Waals surface area contributed by atoms with Crippen molar-refractivity contribution in [3.63, 3.8) is 0 Å². The Balaban J connectivity index is 1.71. The van der Waals surface area contributed by atoms with Crippen LogP contribution in [0.1, 0.15) is 10.4 Å². The van der Waals surface area contributed by atoms with Crippen molar-refractivity contribution in [3.8, 4) is 5.75 Å². The SMILES string of the molecule is COC(=O)c1ccc(OC(=O)C2=CN3CCS(=O)(=O)N=C3C=C2)cc1. The van der Waals surface area contributed by atoms with Crippen molar-refractivity contribution in [2.45, 2.75) is 0 Å². The van der Waals surface area contributed by atoms with E-state index < -0.39 is 22.0 Å². The standard InChI is InChI=1S/C16H14N2O6S/c1-23-15(19)11-2-5-13(6-3-11)24-16(20)12-4-7-14-17-25(21,22)9-8-18(14)10-12/h2-7,10H,8-9H2,1H3. The molecule has 1 aromatic rings. The highest BCUT2D eigenvalue weighted by atomic mass is 32.2. The largest absolute Gasteiger partial charge is 0.465 e. The molecule has 0 radical (unpaired) electrons. The molecule has 0 N–H and O–H groups in total. The summed E-state index contributed by atoms with van der Waals surface area (Å²) in [7, 11) is -2.16. The summed E-state index contributed by atoms with van der Waals surface area (Å²) in [6.07, 6.45) is 4.40. The number of ether oxygens (including phenoxy) is 2. The smallest absolute Gasteiger partial charge is 0.345 e. The number of carbonyl (C=O) groups excluding carboxylic acids is 2. The monoisotopic (exact) mass is 362 g/mol. The van der Waals surface area contributed by atoms with E-state index in [1.807, 2.05) is 0 Å². The van der Waals surface area contributed by atoms with E-state index in [0.717, 1.165) is 0 Å². The minimum Gasteiger partial charge on any atom is -0.465 e. The van der Waals surface area contributed by atoms with Crippen molar-refractivity contribution >= 4 is 27.8 Å². The van der Waals surface area contributed by atoms with E-state index in [9.17, 15) is 18.0 Å². The first-order valence-electron chi connectivity index (χ1n) is 7.28. The lowest BCUT2D eigenvalue weighted by atomic mass is 10.2. The Morgan fingerprint density at radius 1 is 1.12 bits per heavy atom. The van der Waals surface area contributed by atoms with Gasteiger partial charge in [0, 0.05) is 12.7 Å². The molecule has 2 aliphatic heterocycles. The Bertz CT molecular complexity index is 912.